The fraction of sp³-hybridized carbons (Fsp3) is 1.00. The minimum absolute atomic E-state index is 0.414. The average molecular weight is 237 g/mol. The van der Waals surface area contributed by atoms with Crippen LogP contribution in [0, 0.1) is 11.3 Å². The van der Waals surface area contributed by atoms with Gasteiger partial charge in [0.15, 0.2) is 0 Å². The SMILES string of the molecule is COCCCC(CBr)C(C)(C)C. The zero-order valence-corrected chi connectivity index (χ0v) is 10.3. The predicted molar refractivity (Wildman–Crippen MR) is 57.8 cm³/mol. The van der Waals surface area contributed by atoms with Gasteiger partial charge in [0, 0.05) is 19.0 Å². The zero-order valence-electron chi connectivity index (χ0n) is 8.69. The van der Waals surface area contributed by atoms with Gasteiger partial charge in [-0.05, 0) is 24.2 Å². The molecule has 1 atom stereocenters. The fourth-order valence-corrected chi connectivity index (χ4v) is 2.51. The Balaban J connectivity index is 3.68. The van der Waals surface area contributed by atoms with Gasteiger partial charge >= 0.3 is 0 Å². The molecule has 0 N–H and O–H groups in total. The molecule has 0 saturated carbocycles. The first-order chi connectivity index (χ1) is 5.52. The molecule has 0 aliphatic rings. The van der Waals surface area contributed by atoms with Crippen LogP contribution in [0.25, 0.3) is 0 Å². The molecule has 12 heavy (non-hydrogen) atoms. The molecular weight excluding hydrogens is 216 g/mol. The molecule has 0 aliphatic heterocycles. The minimum atomic E-state index is 0.414. The fourth-order valence-electron chi connectivity index (χ4n) is 1.22. The summed E-state index contributed by atoms with van der Waals surface area (Å²) in [5.74, 6) is 0.757. The normalized spacial score (nSPS) is 14.8. The number of halogens is 1. The van der Waals surface area contributed by atoms with Gasteiger partial charge in [0.25, 0.3) is 0 Å². The number of alkyl halides is 1. The maximum absolute atomic E-state index is 5.03. The molecule has 0 spiro atoms. The van der Waals surface area contributed by atoms with Crippen LogP contribution in [0.3, 0.4) is 0 Å². The number of rotatable bonds is 5. The van der Waals surface area contributed by atoms with Crippen LogP contribution >= 0.6 is 15.9 Å². The molecule has 0 amide bonds. The molecule has 1 nitrogen and oxygen atoms in total. The van der Waals surface area contributed by atoms with E-state index in [1.165, 1.54) is 12.8 Å². The van der Waals surface area contributed by atoms with Gasteiger partial charge in [0.1, 0.15) is 0 Å². The first-order valence-corrected chi connectivity index (χ1v) is 5.69. The number of ether oxygens (including phenoxy) is 1. The van der Waals surface area contributed by atoms with Crippen molar-refractivity contribution in [2.45, 2.75) is 33.6 Å². The van der Waals surface area contributed by atoms with Crippen LogP contribution < -0.4 is 0 Å². The lowest BCUT2D eigenvalue weighted by Gasteiger charge is -2.29. The molecular formula is C10H21BrO. The van der Waals surface area contributed by atoms with E-state index < -0.39 is 0 Å². The molecule has 74 valence electrons. The second-order valence-electron chi connectivity index (χ2n) is 4.35. The van der Waals surface area contributed by atoms with E-state index in [0.29, 0.717) is 5.41 Å². The van der Waals surface area contributed by atoms with Crippen molar-refractivity contribution in [1.29, 1.82) is 0 Å². The van der Waals surface area contributed by atoms with Gasteiger partial charge in [-0.2, -0.15) is 0 Å². The Morgan fingerprint density at radius 1 is 1.33 bits per heavy atom. The molecule has 2 heteroatoms. The van der Waals surface area contributed by atoms with Gasteiger partial charge in [-0.3, -0.25) is 0 Å². The number of hydrogen-bond donors (Lipinski definition) is 0. The van der Waals surface area contributed by atoms with E-state index in [2.05, 4.69) is 36.7 Å². The molecule has 0 aliphatic carbocycles. The summed E-state index contributed by atoms with van der Waals surface area (Å²) in [4.78, 5) is 0. The third-order valence-electron chi connectivity index (χ3n) is 2.31. The van der Waals surface area contributed by atoms with Crippen molar-refractivity contribution in [1.82, 2.24) is 0 Å². The van der Waals surface area contributed by atoms with Gasteiger partial charge in [-0.25, -0.2) is 0 Å². The molecule has 0 radical (unpaired) electrons. The quantitative estimate of drug-likeness (QED) is 0.525. The van der Waals surface area contributed by atoms with E-state index in [1.54, 1.807) is 7.11 Å². The third-order valence-corrected chi connectivity index (χ3v) is 3.09. The summed E-state index contributed by atoms with van der Waals surface area (Å²) < 4.78 is 5.03. The van der Waals surface area contributed by atoms with Crippen molar-refractivity contribution in [3.05, 3.63) is 0 Å². The zero-order chi connectivity index (χ0) is 9.61. The van der Waals surface area contributed by atoms with Crippen molar-refractivity contribution in [2.24, 2.45) is 11.3 Å². The van der Waals surface area contributed by atoms with Gasteiger partial charge < -0.3 is 4.74 Å². The molecule has 0 bridgehead atoms. The summed E-state index contributed by atoms with van der Waals surface area (Å²) in [5.41, 5.74) is 0.414. The van der Waals surface area contributed by atoms with Crippen LogP contribution in [0.4, 0.5) is 0 Å². The summed E-state index contributed by atoms with van der Waals surface area (Å²) in [7, 11) is 1.76. The molecule has 0 heterocycles. The lowest BCUT2D eigenvalue weighted by Crippen LogP contribution is -2.22. The Labute approximate surface area is 85.0 Å². The highest BCUT2D eigenvalue weighted by Crippen LogP contribution is 2.30. The summed E-state index contributed by atoms with van der Waals surface area (Å²) in [6, 6.07) is 0. The highest BCUT2D eigenvalue weighted by Gasteiger charge is 2.22. The van der Waals surface area contributed by atoms with E-state index in [4.69, 9.17) is 4.74 Å². The molecule has 0 saturated heterocycles. The van der Waals surface area contributed by atoms with Gasteiger partial charge in [0.2, 0.25) is 0 Å². The van der Waals surface area contributed by atoms with Crippen molar-refractivity contribution >= 4 is 15.9 Å². The van der Waals surface area contributed by atoms with Crippen LogP contribution in [-0.4, -0.2) is 19.0 Å². The van der Waals surface area contributed by atoms with Crippen LogP contribution in [-0.2, 0) is 4.74 Å². The molecule has 0 fully saturated rings. The molecule has 0 aromatic heterocycles. The summed E-state index contributed by atoms with van der Waals surface area (Å²) in [6.07, 6.45) is 2.42. The standard InChI is InChI=1S/C10H21BrO/c1-10(2,3)9(8-11)6-5-7-12-4/h9H,5-8H2,1-4H3. The maximum atomic E-state index is 5.03. The largest absolute Gasteiger partial charge is 0.385 e. The van der Waals surface area contributed by atoms with E-state index in [-0.39, 0.29) is 0 Å². The van der Waals surface area contributed by atoms with E-state index in [9.17, 15) is 0 Å². The van der Waals surface area contributed by atoms with Crippen LogP contribution in [0.1, 0.15) is 33.6 Å². The Hall–Kier alpha value is 0.440. The molecule has 1 unspecified atom stereocenters. The Bertz CT molecular complexity index is 107. The summed E-state index contributed by atoms with van der Waals surface area (Å²) in [6.45, 7) is 7.78. The minimum Gasteiger partial charge on any atom is -0.385 e. The van der Waals surface area contributed by atoms with E-state index in [0.717, 1.165) is 17.9 Å². The van der Waals surface area contributed by atoms with Crippen molar-refractivity contribution in [2.75, 3.05) is 19.0 Å². The van der Waals surface area contributed by atoms with E-state index in [1.807, 2.05) is 0 Å². The van der Waals surface area contributed by atoms with Crippen molar-refractivity contribution in [3.8, 4) is 0 Å². The summed E-state index contributed by atoms with van der Waals surface area (Å²) in [5, 5.41) is 1.10. The lowest BCUT2D eigenvalue weighted by atomic mass is 9.79. The van der Waals surface area contributed by atoms with Crippen molar-refractivity contribution < 1.29 is 4.74 Å². The van der Waals surface area contributed by atoms with Crippen molar-refractivity contribution in [3.63, 3.8) is 0 Å². The maximum Gasteiger partial charge on any atom is 0.0462 e. The number of methoxy groups -OCH3 is 1. The Kier molecular flexibility index (Phi) is 6.20. The average Bonchev–Trinajstić information content (AvgIpc) is 1.95. The highest BCUT2D eigenvalue weighted by atomic mass is 79.9. The molecule has 0 aromatic carbocycles. The van der Waals surface area contributed by atoms with Crippen LogP contribution in [0.5, 0.6) is 0 Å². The highest BCUT2D eigenvalue weighted by molar-refractivity contribution is 9.09. The Morgan fingerprint density at radius 3 is 2.25 bits per heavy atom. The van der Waals surface area contributed by atoms with E-state index >= 15 is 0 Å². The summed E-state index contributed by atoms with van der Waals surface area (Å²) >= 11 is 3.56. The van der Waals surface area contributed by atoms with Gasteiger partial charge in [0.05, 0.1) is 0 Å². The second-order valence-corrected chi connectivity index (χ2v) is 5.00. The first kappa shape index (κ1) is 12.4. The second kappa shape index (κ2) is 5.98. The predicted octanol–water partition coefficient (Wildman–Crippen LogP) is 3.47. The Morgan fingerprint density at radius 2 is 1.92 bits per heavy atom. The van der Waals surface area contributed by atoms with Gasteiger partial charge in [-0.15, -0.1) is 0 Å². The molecule has 0 rings (SSSR count). The smallest absolute Gasteiger partial charge is 0.0462 e. The first-order valence-electron chi connectivity index (χ1n) is 4.57. The van der Waals surface area contributed by atoms with Crippen LogP contribution in [0.2, 0.25) is 0 Å². The van der Waals surface area contributed by atoms with Gasteiger partial charge in [-0.1, -0.05) is 36.7 Å². The topological polar surface area (TPSA) is 9.23 Å². The lowest BCUT2D eigenvalue weighted by molar-refractivity contribution is 0.171. The molecule has 0 aromatic rings. The van der Waals surface area contributed by atoms with Crippen LogP contribution in [0.15, 0.2) is 0 Å². The number of hydrogen-bond acceptors (Lipinski definition) is 1. The monoisotopic (exact) mass is 236 g/mol. The third kappa shape index (κ3) is 5.15.